The highest BCUT2D eigenvalue weighted by Crippen LogP contribution is 2.41. The van der Waals surface area contributed by atoms with E-state index in [9.17, 15) is 15.3 Å². The van der Waals surface area contributed by atoms with Crippen LogP contribution >= 0.6 is 0 Å². The van der Waals surface area contributed by atoms with E-state index in [4.69, 9.17) is 0 Å². The summed E-state index contributed by atoms with van der Waals surface area (Å²) in [6.45, 7) is 6.21. The summed E-state index contributed by atoms with van der Waals surface area (Å²) in [4.78, 5) is 2.46. The summed E-state index contributed by atoms with van der Waals surface area (Å²) in [7, 11) is 0. The minimum Gasteiger partial charge on any atom is -0.508 e. The lowest BCUT2D eigenvalue weighted by Crippen LogP contribution is -2.48. The number of fused-ring (bicyclic) bond motifs is 3. The normalized spacial score (nSPS) is 28.5. The highest BCUT2D eigenvalue weighted by atomic mass is 16.3. The summed E-state index contributed by atoms with van der Waals surface area (Å²) < 4.78 is 0. The predicted molar refractivity (Wildman–Crippen MR) is 85.6 cm³/mol. The summed E-state index contributed by atoms with van der Waals surface area (Å²) >= 11 is 0. The molecule has 1 saturated heterocycles. The monoisotopic (exact) mass is 305 g/mol. The number of piperidine rings is 1. The predicted octanol–water partition coefficient (Wildman–Crippen LogP) is 2.21. The Balaban J connectivity index is 1.85. The number of phenols is 1. The fourth-order valence-corrected chi connectivity index (χ4v) is 4.15. The van der Waals surface area contributed by atoms with Crippen LogP contribution in [-0.4, -0.2) is 39.4 Å². The molecule has 0 bridgehead atoms. The number of rotatable bonds is 3. The van der Waals surface area contributed by atoms with Crippen LogP contribution in [0.2, 0.25) is 0 Å². The topological polar surface area (TPSA) is 63.9 Å². The van der Waals surface area contributed by atoms with E-state index in [0.717, 1.165) is 37.9 Å². The SMILES string of the molecule is CC(C)C[C@@H]1CN2CCc3cc(CO)c(O)cc3[C@@H]2C[C@H]1O. The van der Waals surface area contributed by atoms with E-state index < -0.39 is 0 Å². The molecule has 22 heavy (non-hydrogen) atoms. The molecule has 2 aliphatic heterocycles. The molecule has 0 radical (unpaired) electrons. The zero-order chi connectivity index (χ0) is 15.9. The first kappa shape index (κ1) is 15.8. The molecule has 0 aromatic heterocycles. The number of nitrogens with zero attached hydrogens (tertiary/aromatic N) is 1. The number of aromatic hydroxyl groups is 1. The second kappa shape index (κ2) is 6.19. The maximum atomic E-state index is 10.5. The molecule has 1 fully saturated rings. The zero-order valence-electron chi connectivity index (χ0n) is 13.5. The van der Waals surface area contributed by atoms with Crippen LogP contribution in [-0.2, 0) is 13.0 Å². The van der Waals surface area contributed by atoms with E-state index in [1.165, 1.54) is 5.56 Å². The van der Waals surface area contributed by atoms with Crippen molar-refractivity contribution in [3.8, 4) is 5.75 Å². The summed E-state index contributed by atoms with van der Waals surface area (Å²) in [5, 5.41) is 29.9. The number of aliphatic hydroxyl groups is 2. The number of aliphatic hydroxyl groups excluding tert-OH is 2. The van der Waals surface area contributed by atoms with E-state index in [0.29, 0.717) is 17.4 Å². The molecule has 0 spiro atoms. The molecule has 0 unspecified atom stereocenters. The molecule has 3 N–H and O–H groups in total. The third kappa shape index (κ3) is 2.87. The van der Waals surface area contributed by atoms with Crippen molar-refractivity contribution >= 4 is 0 Å². The highest BCUT2D eigenvalue weighted by molar-refractivity contribution is 5.44. The molecule has 2 heterocycles. The summed E-state index contributed by atoms with van der Waals surface area (Å²) in [6, 6.07) is 3.92. The number of hydrogen-bond donors (Lipinski definition) is 3. The smallest absolute Gasteiger partial charge is 0.121 e. The summed E-state index contributed by atoms with van der Waals surface area (Å²) in [5.74, 6) is 1.12. The van der Waals surface area contributed by atoms with Crippen molar-refractivity contribution in [2.45, 2.75) is 51.9 Å². The van der Waals surface area contributed by atoms with Crippen LogP contribution in [0.4, 0.5) is 0 Å². The van der Waals surface area contributed by atoms with Crippen LogP contribution in [0.25, 0.3) is 0 Å². The molecule has 0 saturated carbocycles. The lowest BCUT2D eigenvalue weighted by molar-refractivity contribution is -0.0191. The first-order valence-corrected chi connectivity index (χ1v) is 8.37. The third-order valence-corrected chi connectivity index (χ3v) is 5.23. The van der Waals surface area contributed by atoms with Gasteiger partial charge in [0.25, 0.3) is 0 Å². The van der Waals surface area contributed by atoms with Gasteiger partial charge in [-0.1, -0.05) is 13.8 Å². The van der Waals surface area contributed by atoms with Gasteiger partial charge in [0.1, 0.15) is 5.75 Å². The average Bonchev–Trinajstić information content (AvgIpc) is 2.47. The van der Waals surface area contributed by atoms with E-state index in [-0.39, 0.29) is 24.5 Å². The summed E-state index contributed by atoms with van der Waals surface area (Å²) in [6.07, 6.45) is 2.48. The molecule has 0 amide bonds. The van der Waals surface area contributed by atoms with Crippen LogP contribution in [0.15, 0.2) is 12.1 Å². The number of benzene rings is 1. The van der Waals surface area contributed by atoms with Gasteiger partial charge in [-0.15, -0.1) is 0 Å². The molecular formula is C18H27NO3. The van der Waals surface area contributed by atoms with Crippen molar-refractivity contribution in [2.75, 3.05) is 13.1 Å². The largest absolute Gasteiger partial charge is 0.508 e. The first-order chi connectivity index (χ1) is 10.5. The van der Waals surface area contributed by atoms with E-state index in [1.54, 1.807) is 6.07 Å². The zero-order valence-corrected chi connectivity index (χ0v) is 13.5. The molecule has 1 aromatic carbocycles. The molecule has 1 aromatic rings. The molecule has 3 rings (SSSR count). The highest BCUT2D eigenvalue weighted by Gasteiger charge is 2.38. The minimum absolute atomic E-state index is 0.132. The Kier molecular flexibility index (Phi) is 4.44. The Morgan fingerprint density at radius 3 is 2.77 bits per heavy atom. The Hall–Kier alpha value is -1.10. The van der Waals surface area contributed by atoms with Crippen molar-refractivity contribution in [2.24, 2.45) is 11.8 Å². The van der Waals surface area contributed by atoms with Gasteiger partial charge in [0.15, 0.2) is 0 Å². The Labute approximate surface area is 132 Å². The fraction of sp³-hybridized carbons (Fsp3) is 0.667. The van der Waals surface area contributed by atoms with Crippen molar-refractivity contribution in [3.63, 3.8) is 0 Å². The van der Waals surface area contributed by atoms with Crippen molar-refractivity contribution in [3.05, 3.63) is 28.8 Å². The van der Waals surface area contributed by atoms with Gasteiger partial charge in [-0.05, 0) is 54.4 Å². The maximum Gasteiger partial charge on any atom is 0.121 e. The lowest BCUT2D eigenvalue weighted by Gasteiger charge is -2.46. The van der Waals surface area contributed by atoms with Gasteiger partial charge in [-0.25, -0.2) is 0 Å². The van der Waals surface area contributed by atoms with Crippen molar-refractivity contribution in [1.82, 2.24) is 4.90 Å². The van der Waals surface area contributed by atoms with Crippen LogP contribution in [0.3, 0.4) is 0 Å². The van der Waals surface area contributed by atoms with E-state index in [2.05, 4.69) is 18.7 Å². The van der Waals surface area contributed by atoms with Crippen molar-refractivity contribution in [1.29, 1.82) is 0 Å². The number of hydrogen-bond acceptors (Lipinski definition) is 4. The molecule has 3 atom stereocenters. The standard InChI is InChI=1S/C18H27NO3/c1-11(2)5-13-9-19-4-3-12-6-14(10-20)17(21)7-15(12)16(19)8-18(13)22/h6-7,11,13,16,18,20-22H,3-5,8-10H2,1-2H3/t13-,16+,18-/m1/s1. The van der Waals surface area contributed by atoms with Crippen LogP contribution in [0, 0.1) is 11.8 Å². The van der Waals surface area contributed by atoms with Crippen LogP contribution < -0.4 is 0 Å². The van der Waals surface area contributed by atoms with Gasteiger partial charge in [-0.3, -0.25) is 4.90 Å². The van der Waals surface area contributed by atoms with Crippen molar-refractivity contribution < 1.29 is 15.3 Å². The first-order valence-electron chi connectivity index (χ1n) is 8.37. The Morgan fingerprint density at radius 2 is 2.09 bits per heavy atom. The minimum atomic E-state index is -0.269. The molecule has 4 heteroatoms. The molecule has 4 nitrogen and oxygen atoms in total. The van der Waals surface area contributed by atoms with Gasteiger partial charge in [-0.2, -0.15) is 0 Å². The van der Waals surface area contributed by atoms with Gasteiger partial charge in [0.2, 0.25) is 0 Å². The van der Waals surface area contributed by atoms with Gasteiger partial charge in [0.05, 0.1) is 12.7 Å². The Bertz CT molecular complexity index is 543. The lowest BCUT2D eigenvalue weighted by atomic mass is 9.79. The second-order valence-corrected chi connectivity index (χ2v) is 7.29. The van der Waals surface area contributed by atoms with Crippen LogP contribution in [0.1, 0.15) is 49.4 Å². The molecular weight excluding hydrogens is 278 g/mol. The summed E-state index contributed by atoms with van der Waals surface area (Å²) in [5.41, 5.74) is 2.93. The second-order valence-electron chi connectivity index (χ2n) is 7.29. The fourth-order valence-electron chi connectivity index (χ4n) is 4.15. The van der Waals surface area contributed by atoms with Crippen LogP contribution in [0.5, 0.6) is 5.75 Å². The molecule has 0 aliphatic carbocycles. The van der Waals surface area contributed by atoms with Gasteiger partial charge < -0.3 is 15.3 Å². The molecule has 122 valence electrons. The Morgan fingerprint density at radius 1 is 1.32 bits per heavy atom. The maximum absolute atomic E-state index is 10.5. The van der Waals surface area contributed by atoms with Gasteiger partial charge in [0, 0.05) is 24.7 Å². The third-order valence-electron chi connectivity index (χ3n) is 5.23. The average molecular weight is 305 g/mol. The van der Waals surface area contributed by atoms with E-state index in [1.807, 2.05) is 6.07 Å². The van der Waals surface area contributed by atoms with E-state index >= 15 is 0 Å². The molecule has 2 aliphatic rings. The van der Waals surface area contributed by atoms with Gasteiger partial charge >= 0.3 is 0 Å². The quantitative estimate of drug-likeness (QED) is 0.801.